The second kappa shape index (κ2) is 6.62. The molecule has 0 saturated heterocycles. The number of hydrogen-bond donors (Lipinski definition) is 1. The largest absolute Gasteiger partial charge is 0.496 e. The second-order valence-corrected chi connectivity index (χ2v) is 6.93. The molecule has 0 fully saturated rings. The molecular formula is C18H22N2O2S. The Morgan fingerprint density at radius 1 is 1.39 bits per heavy atom. The molecule has 1 amide bonds. The van der Waals surface area contributed by atoms with Gasteiger partial charge in [0.1, 0.15) is 11.8 Å². The van der Waals surface area contributed by atoms with Crippen molar-refractivity contribution in [3.8, 4) is 5.75 Å². The number of aryl methyl sites for hydroxylation is 1. The maximum absolute atomic E-state index is 12.7. The fourth-order valence-electron chi connectivity index (χ4n) is 2.99. The molecule has 2 aromatic rings. The van der Waals surface area contributed by atoms with Gasteiger partial charge in [0.15, 0.2) is 0 Å². The molecule has 4 nitrogen and oxygen atoms in total. The summed E-state index contributed by atoms with van der Waals surface area (Å²) in [6.07, 6.45) is 0.965. The highest BCUT2D eigenvalue weighted by molar-refractivity contribution is 7.10. The molecule has 1 unspecified atom stereocenters. The molecule has 1 aliphatic heterocycles. The van der Waals surface area contributed by atoms with Gasteiger partial charge in [-0.15, -0.1) is 11.3 Å². The van der Waals surface area contributed by atoms with Gasteiger partial charge < -0.3 is 15.0 Å². The van der Waals surface area contributed by atoms with Crippen LogP contribution in [0.3, 0.4) is 0 Å². The SMILES string of the molecule is COc1ccc(NC(C)C(=O)N2CCc3sccc3C2)cc1C. The number of rotatable bonds is 4. The van der Waals surface area contributed by atoms with Crippen molar-refractivity contribution in [1.29, 1.82) is 0 Å². The molecular weight excluding hydrogens is 308 g/mol. The van der Waals surface area contributed by atoms with Crippen LogP contribution in [0.1, 0.15) is 22.9 Å². The monoisotopic (exact) mass is 330 g/mol. The molecule has 0 spiro atoms. The van der Waals surface area contributed by atoms with Crippen LogP contribution in [0, 0.1) is 6.92 Å². The molecule has 2 heterocycles. The summed E-state index contributed by atoms with van der Waals surface area (Å²) in [4.78, 5) is 16.0. The minimum absolute atomic E-state index is 0.148. The molecule has 0 bridgehead atoms. The minimum atomic E-state index is -0.247. The molecule has 1 aromatic carbocycles. The Bertz CT molecular complexity index is 711. The van der Waals surface area contributed by atoms with E-state index in [0.717, 1.165) is 36.5 Å². The van der Waals surface area contributed by atoms with E-state index < -0.39 is 0 Å². The third kappa shape index (κ3) is 3.34. The number of ether oxygens (including phenoxy) is 1. The second-order valence-electron chi connectivity index (χ2n) is 5.93. The van der Waals surface area contributed by atoms with Crippen molar-refractivity contribution in [2.24, 2.45) is 0 Å². The smallest absolute Gasteiger partial charge is 0.245 e. The number of carbonyl (C=O) groups is 1. The molecule has 1 N–H and O–H groups in total. The lowest BCUT2D eigenvalue weighted by atomic mass is 10.1. The van der Waals surface area contributed by atoms with Gasteiger partial charge in [0.2, 0.25) is 5.91 Å². The van der Waals surface area contributed by atoms with Crippen molar-refractivity contribution in [2.75, 3.05) is 19.0 Å². The molecule has 0 saturated carbocycles. The minimum Gasteiger partial charge on any atom is -0.496 e. The number of carbonyl (C=O) groups excluding carboxylic acids is 1. The predicted octanol–water partition coefficient (Wildman–Crippen LogP) is 3.45. The zero-order valence-electron chi connectivity index (χ0n) is 13.8. The van der Waals surface area contributed by atoms with Crippen molar-refractivity contribution in [3.63, 3.8) is 0 Å². The lowest BCUT2D eigenvalue weighted by Gasteiger charge is -2.30. The summed E-state index contributed by atoms with van der Waals surface area (Å²) in [7, 11) is 1.66. The van der Waals surface area contributed by atoms with Crippen molar-refractivity contribution < 1.29 is 9.53 Å². The highest BCUT2D eigenvalue weighted by Gasteiger charge is 2.25. The summed E-state index contributed by atoms with van der Waals surface area (Å²) in [5, 5.41) is 5.42. The van der Waals surface area contributed by atoms with Gasteiger partial charge >= 0.3 is 0 Å². The van der Waals surface area contributed by atoms with Crippen LogP contribution in [0.5, 0.6) is 5.75 Å². The number of amides is 1. The molecule has 5 heteroatoms. The Morgan fingerprint density at radius 2 is 2.22 bits per heavy atom. The number of hydrogen-bond acceptors (Lipinski definition) is 4. The average molecular weight is 330 g/mol. The van der Waals surface area contributed by atoms with Crippen molar-refractivity contribution in [2.45, 2.75) is 32.9 Å². The Kier molecular flexibility index (Phi) is 4.57. The van der Waals surface area contributed by atoms with Crippen LogP contribution in [0.15, 0.2) is 29.6 Å². The number of anilines is 1. The molecule has 23 heavy (non-hydrogen) atoms. The number of fused-ring (bicyclic) bond motifs is 1. The number of benzene rings is 1. The number of thiophene rings is 1. The van der Waals surface area contributed by atoms with E-state index in [0.29, 0.717) is 0 Å². The molecule has 1 aromatic heterocycles. The van der Waals surface area contributed by atoms with Crippen LogP contribution in [0.4, 0.5) is 5.69 Å². The first-order chi connectivity index (χ1) is 11.1. The van der Waals surface area contributed by atoms with E-state index in [1.807, 2.05) is 36.9 Å². The highest BCUT2D eigenvalue weighted by atomic mass is 32.1. The Labute approximate surface area is 141 Å². The zero-order chi connectivity index (χ0) is 16.4. The van der Waals surface area contributed by atoms with E-state index in [2.05, 4.69) is 16.8 Å². The third-order valence-electron chi connectivity index (χ3n) is 4.27. The first-order valence-corrected chi connectivity index (χ1v) is 8.71. The topological polar surface area (TPSA) is 41.6 Å². The van der Waals surface area contributed by atoms with E-state index >= 15 is 0 Å². The molecule has 1 aliphatic rings. The van der Waals surface area contributed by atoms with Crippen LogP contribution in [-0.4, -0.2) is 30.5 Å². The molecule has 0 aliphatic carbocycles. The number of nitrogens with zero attached hydrogens (tertiary/aromatic N) is 1. The summed E-state index contributed by atoms with van der Waals surface area (Å²) >= 11 is 1.79. The summed E-state index contributed by atoms with van der Waals surface area (Å²) in [6, 6.07) is 7.76. The summed E-state index contributed by atoms with van der Waals surface area (Å²) in [6.45, 7) is 5.45. The van der Waals surface area contributed by atoms with Crippen LogP contribution in [0.25, 0.3) is 0 Å². The maximum Gasteiger partial charge on any atom is 0.245 e. The predicted molar refractivity (Wildman–Crippen MR) is 94.3 cm³/mol. The van der Waals surface area contributed by atoms with Gasteiger partial charge in [0.25, 0.3) is 0 Å². The summed E-state index contributed by atoms with van der Waals surface area (Å²) in [5.74, 6) is 1.01. The van der Waals surface area contributed by atoms with E-state index in [1.165, 1.54) is 10.4 Å². The van der Waals surface area contributed by atoms with Gasteiger partial charge in [-0.3, -0.25) is 4.79 Å². The van der Waals surface area contributed by atoms with Gasteiger partial charge in [-0.05, 0) is 61.0 Å². The Hall–Kier alpha value is -2.01. The fourth-order valence-corrected chi connectivity index (χ4v) is 3.88. The van der Waals surface area contributed by atoms with E-state index in [9.17, 15) is 4.79 Å². The zero-order valence-corrected chi connectivity index (χ0v) is 14.6. The van der Waals surface area contributed by atoms with Crippen molar-refractivity contribution in [3.05, 3.63) is 45.6 Å². The van der Waals surface area contributed by atoms with Gasteiger partial charge in [-0.25, -0.2) is 0 Å². The quantitative estimate of drug-likeness (QED) is 0.933. The molecule has 122 valence electrons. The Balaban J connectivity index is 1.65. The molecule has 0 radical (unpaired) electrons. The lowest BCUT2D eigenvalue weighted by molar-refractivity contribution is -0.132. The maximum atomic E-state index is 12.7. The third-order valence-corrected chi connectivity index (χ3v) is 5.29. The fraction of sp³-hybridized carbons (Fsp3) is 0.389. The lowest BCUT2D eigenvalue weighted by Crippen LogP contribution is -2.43. The van der Waals surface area contributed by atoms with Gasteiger partial charge in [-0.1, -0.05) is 0 Å². The standard InChI is InChI=1S/C18H22N2O2S/c1-12-10-15(4-5-16(12)22-3)19-13(2)18(21)20-8-6-17-14(11-20)7-9-23-17/h4-5,7,9-10,13,19H,6,8,11H2,1-3H3. The summed E-state index contributed by atoms with van der Waals surface area (Å²) in [5.41, 5.74) is 3.29. The first kappa shape index (κ1) is 15.9. The highest BCUT2D eigenvalue weighted by Crippen LogP contribution is 2.25. The summed E-state index contributed by atoms with van der Waals surface area (Å²) < 4.78 is 5.27. The van der Waals surface area contributed by atoms with Crippen LogP contribution in [0.2, 0.25) is 0 Å². The first-order valence-electron chi connectivity index (χ1n) is 7.83. The molecule has 3 rings (SSSR count). The Morgan fingerprint density at radius 3 is 2.96 bits per heavy atom. The normalized spacial score (nSPS) is 15.0. The van der Waals surface area contributed by atoms with Crippen LogP contribution >= 0.6 is 11.3 Å². The van der Waals surface area contributed by atoms with E-state index in [-0.39, 0.29) is 11.9 Å². The number of methoxy groups -OCH3 is 1. The average Bonchev–Trinajstić information content (AvgIpc) is 3.01. The van der Waals surface area contributed by atoms with Gasteiger partial charge in [0.05, 0.1) is 7.11 Å². The van der Waals surface area contributed by atoms with E-state index in [4.69, 9.17) is 4.74 Å². The number of nitrogens with one attached hydrogen (secondary N) is 1. The van der Waals surface area contributed by atoms with Crippen LogP contribution < -0.4 is 10.1 Å². The van der Waals surface area contributed by atoms with Gasteiger partial charge in [-0.2, -0.15) is 0 Å². The van der Waals surface area contributed by atoms with E-state index in [1.54, 1.807) is 18.4 Å². The molecule has 1 atom stereocenters. The van der Waals surface area contributed by atoms with Crippen molar-refractivity contribution in [1.82, 2.24) is 4.90 Å². The van der Waals surface area contributed by atoms with Crippen LogP contribution in [-0.2, 0) is 17.8 Å². The van der Waals surface area contributed by atoms with Crippen molar-refractivity contribution >= 4 is 22.9 Å². The van der Waals surface area contributed by atoms with Gasteiger partial charge in [0, 0.05) is 23.7 Å².